The van der Waals surface area contributed by atoms with Crippen molar-refractivity contribution in [2.75, 3.05) is 44.8 Å². The highest BCUT2D eigenvalue weighted by molar-refractivity contribution is 5.85. The fourth-order valence-corrected chi connectivity index (χ4v) is 3.41. The molecule has 21 heavy (non-hydrogen) atoms. The Morgan fingerprint density at radius 1 is 1.38 bits per heavy atom. The van der Waals surface area contributed by atoms with Gasteiger partial charge >= 0.3 is 0 Å². The van der Waals surface area contributed by atoms with Crippen LogP contribution in [0.15, 0.2) is 4.52 Å². The summed E-state index contributed by atoms with van der Waals surface area (Å²) < 4.78 is 10.1. The lowest BCUT2D eigenvalue weighted by Crippen LogP contribution is -2.51. The minimum absolute atomic E-state index is 0.258. The molecular formula is C14H22N4O3. The van der Waals surface area contributed by atoms with Gasteiger partial charge in [0.2, 0.25) is 11.8 Å². The zero-order valence-corrected chi connectivity index (χ0v) is 12.7. The number of carbonyl (C=O) groups excluding carboxylic acids is 1. The summed E-state index contributed by atoms with van der Waals surface area (Å²) in [7, 11) is 1.67. The minimum Gasteiger partial charge on any atom is -0.383 e. The van der Waals surface area contributed by atoms with Gasteiger partial charge in [0.1, 0.15) is 0 Å². The average molecular weight is 294 g/mol. The van der Waals surface area contributed by atoms with Crippen LogP contribution < -0.4 is 4.90 Å². The highest BCUT2D eigenvalue weighted by atomic mass is 16.5. The molecule has 0 aliphatic carbocycles. The number of hydrogen-bond donors (Lipinski definition) is 0. The van der Waals surface area contributed by atoms with E-state index in [2.05, 4.69) is 15.0 Å². The van der Waals surface area contributed by atoms with E-state index in [1.54, 1.807) is 14.0 Å². The molecule has 0 bridgehead atoms. The summed E-state index contributed by atoms with van der Waals surface area (Å²) in [5, 5.41) is 3.96. The Kier molecular flexibility index (Phi) is 3.84. The second-order valence-electron chi connectivity index (χ2n) is 5.95. The van der Waals surface area contributed by atoms with Crippen LogP contribution >= 0.6 is 0 Å². The van der Waals surface area contributed by atoms with E-state index in [4.69, 9.17) is 9.26 Å². The number of ether oxygens (including phenoxy) is 1. The summed E-state index contributed by atoms with van der Waals surface area (Å²) in [6.45, 7) is 5.39. The molecule has 7 heteroatoms. The van der Waals surface area contributed by atoms with Crippen molar-refractivity contribution in [2.24, 2.45) is 5.41 Å². The van der Waals surface area contributed by atoms with Crippen LogP contribution in [-0.2, 0) is 9.53 Å². The molecule has 0 saturated carbocycles. The lowest BCUT2D eigenvalue weighted by Gasteiger charge is -2.39. The van der Waals surface area contributed by atoms with Gasteiger partial charge in [0, 0.05) is 40.2 Å². The number of nitrogens with zero attached hydrogens (tertiary/aromatic N) is 4. The van der Waals surface area contributed by atoms with E-state index in [0.29, 0.717) is 31.5 Å². The number of anilines is 1. The third-order valence-corrected chi connectivity index (χ3v) is 4.54. The maximum Gasteiger partial charge on any atom is 0.266 e. The summed E-state index contributed by atoms with van der Waals surface area (Å²) in [5.74, 6) is 1.42. The van der Waals surface area contributed by atoms with E-state index in [9.17, 15) is 4.79 Å². The number of amides is 1. The SMILES string of the molecule is COCCN1CCCC2(CCN(c3noc(C)n3)C2)C1=O. The van der Waals surface area contributed by atoms with Crippen LogP contribution in [0, 0.1) is 12.3 Å². The molecule has 1 spiro atoms. The molecular weight excluding hydrogens is 272 g/mol. The molecule has 1 aromatic rings. The first-order chi connectivity index (χ1) is 10.1. The maximum atomic E-state index is 12.8. The second kappa shape index (κ2) is 5.63. The Morgan fingerprint density at radius 2 is 2.24 bits per heavy atom. The Balaban J connectivity index is 1.71. The third-order valence-electron chi connectivity index (χ3n) is 4.54. The molecule has 7 nitrogen and oxygen atoms in total. The monoisotopic (exact) mass is 294 g/mol. The first kappa shape index (κ1) is 14.3. The van der Waals surface area contributed by atoms with Crippen molar-refractivity contribution in [3.8, 4) is 0 Å². The lowest BCUT2D eigenvalue weighted by atomic mass is 9.78. The molecule has 2 saturated heterocycles. The number of aryl methyl sites for hydroxylation is 1. The molecule has 2 aliphatic rings. The van der Waals surface area contributed by atoms with Gasteiger partial charge in [-0.25, -0.2) is 0 Å². The van der Waals surface area contributed by atoms with Crippen LogP contribution in [0.1, 0.15) is 25.2 Å². The Bertz CT molecular complexity index is 518. The predicted octanol–water partition coefficient (Wildman–Crippen LogP) is 0.843. The highest BCUT2D eigenvalue weighted by Gasteiger charge is 2.48. The lowest BCUT2D eigenvalue weighted by molar-refractivity contribution is -0.145. The van der Waals surface area contributed by atoms with Crippen LogP contribution in [0.3, 0.4) is 0 Å². The Labute approximate surface area is 124 Å². The maximum absolute atomic E-state index is 12.8. The number of carbonyl (C=O) groups is 1. The van der Waals surface area contributed by atoms with E-state index in [1.807, 2.05) is 4.90 Å². The van der Waals surface area contributed by atoms with E-state index < -0.39 is 0 Å². The van der Waals surface area contributed by atoms with Crippen molar-refractivity contribution in [1.82, 2.24) is 15.0 Å². The first-order valence-electron chi connectivity index (χ1n) is 7.48. The van der Waals surface area contributed by atoms with E-state index >= 15 is 0 Å². The standard InChI is InChI=1S/C14H22N4O3/c1-11-15-13(16-21-11)18-7-5-14(10-18)4-3-6-17(12(14)19)8-9-20-2/h3-10H2,1-2H3. The summed E-state index contributed by atoms with van der Waals surface area (Å²) in [6, 6.07) is 0. The fourth-order valence-electron chi connectivity index (χ4n) is 3.41. The zero-order chi connectivity index (χ0) is 14.9. The summed E-state index contributed by atoms with van der Waals surface area (Å²) in [4.78, 5) is 21.1. The molecule has 3 heterocycles. The largest absolute Gasteiger partial charge is 0.383 e. The number of rotatable bonds is 4. The smallest absolute Gasteiger partial charge is 0.266 e. The van der Waals surface area contributed by atoms with Gasteiger partial charge in [0.15, 0.2) is 0 Å². The van der Waals surface area contributed by atoms with E-state index in [-0.39, 0.29) is 11.3 Å². The topological polar surface area (TPSA) is 71.7 Å². The molecule has 1 aromatic heterocycles. The van der Waals surface area contributed by atoms with Gasteiger partial charge in [0.25, 0.3) is 5.95 Å². The minimum atomic E-state index is -0.277. The molecule has 1 atom stereocenters. The third kappa shape index (κ3) is 2.62. The van der Waals surface area contributed by atoms with Crippen molar-refractivity contribution in [1.29, 1.82) is 0 Å². The van der Waals surface area contributed by atoms with Gasteiger partial charge in [-0.05, 0) is 24.4 Å². The Morgan fingerprint density at radius 3 is 2.95 bits per heavy atom. The van der Waals surface area contributed by atoms with Crippen LogP contribution in [0.5, 0.6) is 0 Å². The number of piperidine rings is 1. The summed E-state index contributed by atoms with van der Waals surface area (Å²) in [5.41, 5.74) is -0.277. The van der Waals surface area contributed by atoms with Crippen molar-refractivity contribution < 1.29 is 14.1 Å². The van der Waals surface area contributed by atoms with Crippen molar-refractivity contribution in [2.45, 2.75) is 26.2 Å². The Hall–Kier alpha value is -1.63. The number of hydrogen-bond acceptors (Lipinski definition) is 6. The van der Waals surface area contributed by atoms with E-state index in [1.165, 1.54) is 0 Å². The van der Waals surface area contributed by atoms with Crippen molar-refractivity contribution in [3.05, 3.63) is 5.89 Å². The van der Waals surface area contributed by atoms with Crippen LogP contribution in [0.25, 0.3) is 0 Å². The molecule has 0 radical (unpaired) electrons. The van der Waals surface area contributed by atoms with Crippen LogP contribution in [0.2, 0.25) is 0 Å². The predicted molar refractivity (Wildman–Crippen MR) is 76.0 cm³/mol. The molecule has 3 rings (SSSR count). The van der Waals surface area contributed by atoms with Crippen molar-refractivity contribution >= 4 is 11.9 Å². The molecule has 0 N–H and O–H groups in total. The zero-order valence-electron chi connectivity index (χ0n) is 12.7. The molecule has 116 valence electrons. The van der Waals surface area contributed by atoms with Gasteiger partial charge in [-0.3, -0.25) is 4.79 Å². The molecule has 0 aromatic carbocycles. The second-order valence-corrected chi connectivity index (χ2v) is 5.95. The van der Waals surface area contributed by atoms with Crippen LogP contribution in [0.4, 0.5) is 5.95 Å². The molecule has 1 unspecified atom stereocenters. The summed E-state index contributed by atoms with van der Waals surface area (Å²) in [6.07, 6.45) is 2.86. The summed E-state index contributed by atoms with van der Waals surface area (Å²) >= 11 is 0. The number of methoxy groups -OCH3 is 1. The highest BCUT2D eigenvalue weighted by Crippen LogP contribution is 2.40. The van der Waals surface area contributed by atoms with Gasteiger partial charge in [-0.1, -0.05) is 0 Å². The quantitative estimate of drug-likeness (QED) is 0.819. The van der Waals surface area contributed by atoms with Gasteiger partial charge in [-0.2, -0.15) is 4.98 Å². The van der Waals surface area contributed by atoms with Gasteiger partial charge < -0.3 is 19.1 Å². The number of aromatic nitrogens is 2. The van der Waals surface area contributed by atoms with Crippen LogP contribution in [-0.4, -0.2) is 60.8 Å². The number of likely N-dealkylation sites (tertiary alicyclic amines) is 1. The first-order valence-corrected chi connectivity index (χ1v) is 7.48. The fraction of sp³-hybridized carbons (Fsp3) is 0.786. The van der Waals surface area contributed by atoms with Gasteiger partial charge in [-0.15, -0.1) is 0 Å². The average Bonchev–Trinajstić information content (AvgIpc) is 3.08. The normalized spacial score (nSPS) is 26.1. The van der Waals surface area contributed by atoms with Crippen molar-refractivity contribution in [3.63, 3.8) is 0 Å². The van der Waals surface area contributed by atoms with Gasteiger partial charge in [0.05, 0.1) is 12.0 Å². The molecule has 1 amide bonds. The van der Waals surface area contributed by atoms with E-state index in [0.717, 1.165) is 32.4 Å². The molecule has 2 aliphatic heterocycles. The molecule has 2 fully saturated rings.